The summed E-state index contributed by atoms with van der Waals surface area (Å²) in [6.45, 7) is 3.16. The molecule has 3 rings (SSSR count). The maximum atomic E-state index is 12.7. The zero-order chi connectivity index (χ0) is 20.3. The Morgan fingerprint density at radius 3 is 2.75 bits per heavy atom. The molecule has 2 amide bonds. The number of carboxylic acids is 1. The van der Waals surface area contributed by atoms with Crippen LogP contribution < -0.4 is 5.32 Å². The number of hydrogen-bond donors (Lipinski definition) is 2. The number of nitrogens with one attached hydrogen (secondary N) is 1. The first-order chi connectivity index (χ1) is 13.3. The van der Waals surface area contributed by atoms with Gasteiger partial charge in [-0.15, -0.1) is 0 Å². The Balaban J connectivity index is 1.71. The SMILES string of the molecule is Cc1cccc(CNC(=O)c2nn(C)c3c2CN(C(=O)CCC(=O)O)CC3)c1. The molecule has 8 nitrogen and oxygen atoms in total. The van der Waals surface area contributed by atoms with Gasteiger partial charge in [-0.2, -0.15) is 5.10 Å². The van der Waals surface area contributed by atoms with Gasteiger partial charge in [0.15, 0.2) is 5.69 Å². The van der Waals surface area contributed by atoms with Crippen LogP contribution in [0.25, 0.3) is 0 Å². The Bertz CT molecular complexity index is 919. The summed E-state index contributed by atoms with van der Waals surface area (Å²) in [4.78, 5) is 37.3. The molecule has 0 atom stereocenters. The number of aryl methyl sites for hydroxylation is 2. The summed E-state index contributed by atoms with van der Waals surface area (Å²) >= 11 is 0. The molecular formula is C20H24N4O4. The molecule has 8 heteroatoms. The van der Waals surface area contributed by atoms with Crippen molar-refractivity contribution in [1.29, 1.82) is 0 Å². The lowest BCUT2D eigenvalue weighted by atomic mass is 10.0. The Kier molecular flexibility index (Phi) is 5.77. The van der Waals surface area contributed by atoms with Gasteiger partial charge in [0.2, 0.25) is 5.91 Å². The van der Waals surface area contributed by atoms with E-state index in [0.717, 1.165) is 22.4 Å². The van der Waals surface area contributed by atoms with Crippen molar-refractivity contribution in [1.82, 2.24) is 20.0 Å². The van der Waals surface area contributed by atoms with Gasteiger partial charge >= 0.3 is 5.97 Å². The first kappa shape index (κ1) is 19.6. The highest BCUT2D eigenvalue weighted by Crippen LogP contribution is 2.23. The maximum Gasteiger partial charge on any atom is 0.303 e. The summed E-state index contributed by atoms with van der Waals surface area (Å²) in [5.41, 5.74) is 4.11. The van der Waals surface area contributed by atoms with E-state index in [1.807, 2.05) is 31.2 Å². The summed E-state index contributed by atoms with van der Waals surface area (Å²) in [5, 5.41) is 16.0. The molecule has 0 saturated carbocycles. The van der Waals surface area contributed by atoms with Crippen LogP contribution in [0.2, 0.25) is 0 Å². The van der Waals surface area contributed by atoms with Gasteiger partial charge in [-0.3, -0.25) is 19.1 Å². The van der Waals surface area contributed by atoms with Gasteiger partial charge in [-0.1, -0.05) is 29.8 Å². The lowest BCUT2D eigenvalue weighted by Gasteiger charge is -2.27. The number of nitrogens with zero attached hydrogens (tertiary/aromatic N) is 3. The first-order valence-corrected chi connectivity index (χ1v) is 9.23. The normalized spacial score (nSPS) is 13.1. The number of hydrogen-bond acceptors (Lipinski definition) is 4. The fourth-order valence-electron chi connectivity index (χ4n) is 3.45. The second kappa shape index (κ2) is 8.24. The molecule has 0 radical (unpaired) electrons. The van der Waals surface area contributed by atoms with E-state index in [4.69, 9.17) is 5.11 Å². The van der Waals surface area contributed by atoms with Crippen molar-refractivity contribution in [3.63, 3.8) is 0 Å². The Labute approximate surface area is 163 Å². The van der Waals surface area contributed by atoms with Gasteiger partial charge in [0.1, 0.15) is 0 Å². The van der Waals surface area contributed by atoms with Crippen LogP contribution in [0.3, 0.4) is 0 Å². The molecule has 0 bridgehead atoms. The van der Waals surface area contributed by atoms with Crippen LogP contribution in [0, 0.1) is 6.92 Å². The van der Waals surface area contributed by atoms with Crippen molar-refractivity contribution in [2.45, 2.75) is 39.3 Å². The van der Waals surface area contributed by atoms with Crippen LogP contribution in [0.15, 0.2) is 24.3 Å². The molecule has 2 aromatic rings. The van der Waals surface area contributed by atoms with Gasteiger partial charge < -0.3 is 15.3 Å². The topological polar surface area (TPSA) is 105 Å². The van der Waals surface area contributed by atoms with E-state index in [1.54, 1.807) is 16.6 Å². The lowest BCUT2D eigenvalue weighted by Crippen LogP contribution is -2.37. The number of carboxylic acid groups (broad SMARTS) is 1. The predicted octanol–water partition coefficient (Wildman–Crippen LogP) is 1.41. The number of aliphatic carboxylic acids is 1. The average molecular weight is 384 g/mol. The number of fused-ring (bicyclic) bond motifs is 1. The van der Waals surface area contributed by atoms with E-state index >= 15 is 0 Å². The van der Waals surface area contributed by atoms with Gasteiger partial charge in [0, 0.05) is 50.8 Å². The smallest absolute Gasteiger partial charge is 0.303 e. The zero-order valence-corrected chi connectivity index (χ0v) is 16.1. The van der Waals surface area contributed by atoms with E-state index in [1.165, 1.54) is 0 Å². The fraction of sp³-hybridized carbons (Fsp3) is 0.400. The molecule has 0 spiro atoms. The van der Waals surface area contributed by atoms with Crippen molar-refractivity contribution in [3.8, 4) is 0 Å². The minimum Gasteiger partial charge on any atom is -0.481 e. The molecule has 1 aliphatic heterocycles. The van der Waals surface area contributed by atoms with Crippen molar-refractivity contribution in [3.05, 3.63) is 52.3 Å². The zero-order valence-electron chi connectivity index (χ0n) is 16.1. The van der Waals surface area contributed by atoms with E-state index in [-0.39, 0.29) is 31.2 Å². The highest BCUT2D eigenvalue weighted by atomic mass is 16.4. The summed E-state index contributed by atoms with van der Waals surface area (Å²) in [6.07, 6.45) is 0.349. The van der Waals surface area contributed by atoms with Gasteiger partial charge in [0.25, 0.3) is 5.91 Å². The Morgan fingerprint density at radius 1 is 1.25 bits per heavy atom. The van der Waals surface area contributed by atoms with E-state index < -0.39 is 5.97 Å². The standard InChI is InChI=1S/C20H24N4O4/c1-13-4-3-5-14(10-13)11-21-20(28)19-15-12-24(17(25)6-7-18(26)27)9-8-16(15)23(2)22-19/h3-5,10H,6-9,11-12H2,1-2H3,(H,21,28)(H,26,27). The number of carbonyl (C=O) groups excluding carboxylic acids is 2. The molecule has 0 fully saturated rings. The van der Waals surface area contributed by atoms with E-state index in [0.29, 0.717) is 25.2 Å². The minimum absolute atomic E-state index is 0.0418. The molecule has 0 aliphatic carbocycles. The number of aromatic nitrogens is 2. The number of benzene rings is 1. The quantitative estimate of drug-likeness (QED) is 0.784. The summed E-state index contributed by atoms with van der Waals surface area (Å²) in [6, 6.07) is 7.90. The van der Waals surface area contributed by atoms with Crippen molar-refractivity contribution < 1.29 is 19.5 Å². The van der Waals surface area contributed by atoms with Crippen molar-refractivity contribution in [2.24, 2.45) is 7.05 Å². The van der Waals surface area contributed by atoms with Gasteiger partial charge in [-0.05, 0) is 12.5 Å². The molecule has 148 valence electrons. The monoisotopic (exact) mass is 384 g/mol. The molecule has 2 heterocycles. The van der Waals surface area contributed by atoms with E-state index in [9.17, 15) is 14.4 Å². The molecule has 1 aromatic heterocycles. The van der Waals surface area contributed by atoms with Crippen LogP contribution in [0.4, 0.5) is 0 Å². The number of rotatable bonds is 6. The molecule has 2 N–H and O–H groups in total. The molecule has 0 saturated heterocycles. The van der Waals surface area contributed by atoms with Crippen molar-refractivity contribution in [2.75, 3.05) is 6.54 Å². The molecule has 28 heavy (non-hydrogen) atoms. The second-order valence-corrected chi connectivity index (χ2v) is 7.03. The first-order valence-electron chi connectivity index (χ1n) is 9.23. The Hall–Kier alpha value is -3.16. The molecular weight excluding hydrogens is 360 g/mol. The van der Waals surface area contributed by atoms with Crippen LogP contribution in [0.5, 0.6) is 0 Å². The largest absolute Gasteiger partial charge is 0.481 e. The average Bonchev–Trinajstić information content (AvgIpc) is 3.00. The fourth-order valence-corrected chi connectivity index (χ4v) is 3.45. The summed E-state index contributed by atoms with van der Waals surface area (Å²) in [7, 11) is 1.79. The minimum atomic E-state index is -0.997. The van der Waals surface area contributed by atoms with Gasteiger partial charge in [0.05, 0.1) is 6.42 Å². The summed E-state index contributed by atoms with van der Waals surface area (Å²) < 4.78 is 1.69. The third-order valence-electron chi connectivity index (χ3n) is 4.90. The van der Waals surface area contributed by atoms with Crippen LogP contribution in [-0.4, -0.2) is 44.1 Å². The van der Waals surface area contributed by atoms with Crippen LogP contribution in [-0.2, 0) is 36.1 Å². The second-order valence-electron chi connectivity index (χ2n) is 7.03. The molecule has 1 aromatic carbocycles. The third-order valence-corrected chi connectivity index (χ3v) is 4.90. The number of carbonyl (C=O) groups is 3. The lowest BCUT2D eigenvalue weighted by molar-refractivity contribution is -0.141. The Morgan fingerprint density at radius 2 is 2.04 bits per heavy atom. The van der Waals surface area contributed by atoms with Crippen LogP contribution in [0.1, 0.15) is 45.7 Å². The van der Waals surface area contributed by atoms with Crippen LogP contribution >= 0.6 is 0 Å². The molecule has 1 aliphatic rings. The van der Waals surface area contributed by atoms with Gasteiger partial charge in [-0.25, -0.2) is 0 Å². The predicted molar refractivity (Wildman–Crippen MR) is 102 cm³/mol. The highest BCUT2D eigenvalue weighted by Gasteiger charge is 2.29. The van der Waals surface area contributed by atoms with E-state index in [2.05, 4.69) is 10.4 Å². The highest BCUT2D eigenvalue weighted by molar-refractivity contribution is 5.94. The number of amides is 2. The molecule has 0 unspecified atom stereocenters. The van der Waals surface area contributed by atoms with Crippen molar-refractivity contribution >= 4 is 17.8 Å². The maximum absolute atomic E-state index is 12.7. The third kappa shape index (κ3) is 4.39. The summed E-state index contributed by atoms with van der Waals surface area (Å²) in [5.74, 6) is -1.50.